The first-order valence-corrected chi connectivity index (χ1v) is 15.2. The standard InChI is InChI=1S/C41H25N3O/c1-2-11-28(12-3-1)43-34-16-6-4-14-30(34)33-25-27(19-21-35(33)43)26-10-8-13-29(24-26)44-36-22-20-32-31-15-5-7-18-38(31)45-41(32)39(36)40-37(44)17-9-23-42-40/h1-25H. The Morgan fingerprint density at radius 1 is 0.444 bits per heavy atom. The van der Waals surface area contributed by atoms with E-state index in [-0.39, 0.29) is 0 Å². The van der Waals surface area contributed by atoms with Crippen LogP contribution in [0.15, 0.2) is 156 Å². The van der Waals surface area contributed by atoms with Crippen LogP contribution in [0.4, 0.5) is 0 Å². The lowest BCUT2D eigenvalue weighted by molar-refractivity contribution is 0.673. The van der Waals surface area contributed by atoms with Crippen molar-refractivity contribution >= 4 is 65.7 Å². The van der Waals surface area contributed by atoms with Gasteiger partial charge >= 0.3 is 0 Å². The van der Waals surface area contributed by atoms with Crippen molar-refractivity contribution in [2.45, 2.75) is 0 Å². The van der Waals surface area contributed by atoms with Gasteiger partial charge in [-0.05, 0) is 83.9 Å². The van der Waals surface area contributed by atoms with Crippen LogP contribution in [-0.4, -0.2) is 14.1 Å². The number of benzene rings is 6. The molecule has 10 rings (SSSR count). The second kappa shape index (κ2) is 9.18. The van der Waals surface area contributed by atoms with Crippen LogP contribution in [0.25, 0.3) is 88.2 Å². The molecule has 6 aromatic carbocycles. The second-order valence-corrected chi connectivity index (χ2v) is 11.6. The SMILES string of the molecule is c1ccc(-n2c3ccccc3c3cc(-c4cccc(-n5c6cccnc6c6c7oc8ccccc8c7ccc65)c4)ccc32)cc1. The largest absolute Gasteiger partial charge is 0.455 e. The summed E-state index contributed by atoms with van der Waals surface area (Å²) in [5, 5.41) is 5.76. The number of nitrogens with zero attached hydrogens (tertiary/aromatic N) is 3. The minimum atomic E-state index is 0.882. The summed E-state index contributed by atoms with van der Waals surface area (Å²) in [6.07, 6.45) is 1.87. The molecule has 4 heteroatoms. The number of rotatable bonds is 3. The molecule has 0 amide bonds. The van der Waals surface area contributed by atoms with E-state index in [4.69, 9.17) is 9.40 Å². The van der Waals surface area contributed by atoms with Crippen LogP contribution in [0.5, 0.6) is 0 Å². The fourth-order valence-electron chi connectivity index (χ4n) is 7.20. The van der Waals surface area contributed by atoms with Gasteiger partial charge in [-0.15, -0.1) is 0 Å². The van der Waals surface area contributed by atoms with Gasteiger partial charge in [-0.1, -0.05) is 72.8 Å². The molecular formula is C41H25N3O. The van der Waals surface area contributed by atoms with E-state index >= 15 is 0 Å². The van der Waals surface area contributed by atoms with E-state index in [0.717, 1.165) is 60.8 Å². The summed E-state index contributed by atoms with van der Waals surface area (Å²) in [6.45, 7) is 0. The van der Waals surface area contributed by atoms with Crippen molar-refractivity contribution in [1.29, 1.82) is 0 Å². The van der Waals surface area contributed by atoms with E-state index < -0.39 is 0 Å². The number of fused-ring (bicyclic) bond motifs is 10. The molecule has 0 fully saturated rings. The van der Waals surface area contributed by atoms with Crippen molar-refractivity contribution in [2.75, 3.05) is 0 Å². The summed E-state index contributed by atoms with van der Waals surface area (Å²) in [5.41, 5.74) is 11.8. The number of para-hydroxylation sites is 3. The summed E-state index contributed by atoms with van der Waals surface area (Å²) >= 11 is 0. The molecule has 0 bridgehead atoms. The van der Waals surface area contributed by atoms with Crippen molar-refractivity contribution < 1.29 is 4.42 Å². The first-order valence-electron chi connectivity index (χ1n) is 15.2. The van der Waals surface area contributed by atoms with Gasteiger partial charge in [-0.2, -0.15) is 0 Å². The Morgan fingerprint density at radius 2 is 1.16 bits per heavy atom. The molecule has 0 aliphatic heterocycles. The maximum atomic E-state index is 6.47. The van der Waals surface area contributed by atoms with Crippen molar-refractivity contribution in [3.63, 3.8) is 0 Å². The van der Waals surface area contributed by atoms with Crippen molar-refractivity contribution in [2.24, 2.45) is 0 Å². The molecule has 0 aliphatic rings. The molecular weight excluding hydrogens is 550 g/mol. The molecule has 210 valence electrons. The van der Waals surface area contributed by atoms with Gasteiger partial charge in [-0.3, -0.25) is 4.98 Å². The van der Waals surface area contributed by atoms with E-state index in [2.05, 4.69) is 137 Å². The quantitative estimate of drug-likeness (QED) is 0.210. The van der Waals surface area contributed by atoms with E-state index in [1.54, 1.807) is 0 Å². The smallest absolute Gasteiger partial charge is 0.147 e. The van der Waals surface area contributed by atoms with E-state index in [1.165, 1.54) is 27.4 Å². The third-order valence-corrected chi connectivity index (χ3v) is 9.15. The van der Waals surface area contributed by atoms with Crippen LogP contribution < -0.4 is 0 Å². The molecule has 4 aromatic heterocycles. The Hall–Kier alpha value is -6.13. The van der Waals surface area contributed by atoms with Gasteiger partial charge in [0.05, 0.1) is 27.5 Å². The fourth-order valence-corrected chi connectivity index (χ4v) is 7.20. The van der Waals surface area contributed by atoms with Gasteiger partial charge in [0.2, 0.25) is 0 Å². The minimum absolute atomic E-state index is 0.882. The number of hydrogen-bond donors (Lipinski definition) is 0. The molecule has 0 unspecified atom stereocenters. The first-order chi connectivity index (χ1) is 22.3. The van der Waals surface area contributed by atoms with Crippen LogP contribution in [0.2, 0.25) is 0 Å². The predicted octanol–water partition coefficient (Wildman–Crippen LogP) is 10.8. The molecule has 4 heterocycles. The highest BCUT2D eigenvalue weighted by Crippen LogP contribution is 2.40. The summed E-state index contributed by atoms with van der Waals surface area (Å²) < 4.78 is 11.1. The average molecular weight is 576 g/mol. The molecule has 0 saturated heterocycles. The van der Waals surface area contributed by atoms with Gasteiger partial charge in [0.1, 0.15) is 16.7 Å². The maximum absolute atomic E-state index is 6.47. The highest BCUT2D eigenvalue weighted by atomic mass is 16.3. The Morgan fingerprint density at radius 3 is 2.09 bits per heavy atom. The monoisotopic (exact) mass is 575 g/mol. The Labute approximate surface area is 258 Å². The third kappa shape index (κ3) is 3.45. The van der Waals surface area contributed by atoms with Crippen molar-refractivity contribution in [3.05, 3.63) is 152 Å². The van der Waals surface area contributed by atoms with Gasteiger partial charge < -0.3 is 13.6 Å². The molecule has 0 radical (unpaired) electrons. The normalized spacial score (nSPS) is 12.0. The van der Waals surface area contributed by atoms with Gasteiger partial charge in [0, 0.05) is 39.1 Å². The van der Waals surface area contributed by atoms with Crippen LogP contribution in [0.3, 0.4) is 0 Å². The first kappa shape index (κ1) is 24.3. The zero-order valence-corrected chi connectivity index (χ0v) is 24.2. The summed E-state index contributed by atoms with van der Waals surface area (Å²) in [4.78, 5) is 4.86. The summed E-state index contributed by atoms with van der Waals surface area (Å²) in [5.74, 6) is 0. The van der Waals surface area contributed by atoms with Crippen LogP contribution in [-0.2, 0) is 0 Å². The molecule has 0 aliphatic carbocycles. The number of furan rings is 1. The fraction of sp³-hybridized carbons (Fsp3) is 0. The lowest BCUT2D eigenvalue weighted by Crippen LogP contribution is -1.94. The van der Waals surface area contributed by atoms with Crippen molar-refractivity contribution in [1.82, 2.24) is 14.1 Å². The minimum Gasteiger partial charge on any atom is -0.455 e. The molecule has 10 aromatic rings. The Balaban J connectivity index is 1.19. The number of pyridine rings is 1. The van der Waals surface area contributed by atoms with E-state index in [9.17, 15) is 0 Å². The zero-order chi connectivity index (χ0) is 29.5. The summed E-state index contributed by atoms with van der Waals surface area (Å²) in [6, 6.07) is 51.7. The Kier molecular flexibility index (Phi) is 4.96. The molecule has 0 atom stereocenters. The molecule has 0 saturated carbocycles. The Bertz CT molecular complexity index is 2760. The highest BCUT2D eigenvalue weighted by molar-refractivity contribution is 6.22. The lowest BCUT2D eigenvalue weighted by atomic mass is 10.0. The van der Waals surface area contributed by atoms with Crippen LogP contribution >= 0.6 is 0 Å². The van der Waals surface area contributed by atoms with Crippen LogP contribution in [0, 0.1) is 0 Å². The van der Waals surface area contributed by atoms with E-state index in [1.807, 2.05) is 24.4 Å². The average Bonchev–Trinajstić information content (AvgIpc) is 3.76. The molecule has 45 heavy (non-hydrogen) atoms. The lowest BCUT2D eigenvalue weighted by Gasteiger charge is -2.11. The van der Waals surface area contributed by atoms with Gasteiger partial charge in [-0.25, -0.2) is 0 Å². The molecule has 0 N–H and O–H groups in total. The third-order valence-electron chi connectivity index (χ3n) is 9.15. The van der Waals surface area contributed by atoms with Gasteiger partial charge in [0.25, 0.3) is 0 Å². The molecule has 0 spiro atoms. The zero-order valence-electron chi connectivity index (χ0n) is 24.2. The second-order valence-electron chi connectivity index (χ2n) is 11.6. The highest BCUT2D eigenvalue weighted by Gasteiger charge is 2.20. The van der Waals surface area contributed by atoms with Crippen molar-refractivity contribution in [3.8, 4) is 22.5 Å². The predicted molar refractivity (Wildman–Crippen MR) is 186 cm³/mol. The topological polar surface area (TPSA) is 35.9 Å². The summed E-state index contributed by atoms with van der Waals surface area (Å²) in [7, 11) is 0. The number of hydrogen-bond acceptors (Lipinski definition) is 2. The number of aromatic nitrogens is 3. The van der Waals surface area contributed by atoms with Gasteiger partial charge in [0.15, 0.2) is 0 Å². The van der Waals surface area contributed by atoms with Crippen LogP contribution in [0.1, 0.15) is 0 Å². The molecule has 4 nitrogen and oxygen atoms in total. The van der Waals surface area contributed by atoms with E-state index in [0.29, 0.717) is 0 Å². The maximum Gasteiger partial charge on any atom is 0.147 e.